The number of carbonyl (C=O) groups is 1. The van der Waals surface area contributed by atoms with E-state index in [4.69, 9.17) is 15.2 Å². The Kier molecular flexibility index (Phi) is 4.03. The minimum absolute atomic E-state index is 0.0633. The molecule has 0 aliphatic carbocycles. The second-order valence-corrected chi connectivity index (χ2v) is 8.13. The minimum atomic E-state index is -0.465. The summed E-state index contributed by atoms with van der Waals surface area (Å²) in [6.07, 6.45) is 3.56. The summed E-state index contributed by atoms with van der Waals surface area (Å²) >= 11 is 1.55. The number of aromatic nitrogens is 1. The summed E-state index contributed by atoms with van der Waals surface area (Å²) in [6.45, 7) is 6.84. The third-order valence-corrected chi connectivity index (χ3v) is 4.91. The van der Waals surface area contributed by atoms with E-state index in [2.05, 4.69) is 4.98 Å². The fourth-order valence-corrected chi connectivity index (χ4v) is 3.92. The van der Waals surface area contributed by atoms with Crippen LogP contribution in [-0.4, -0.2) is 46.9 Å². The normalized spacial score (nSPS) is 28.5. The van der Waals surface area contributed by atoms with Crippen molar-refractivity contribution in [3.8, 4) is 0 Å². The van der Waals surface area contributed by atoms with Gasteiger partial charge in [-0.2, -0.15) is 0 Å². The van der Waals surface area contributed by atoms with Gasteiger partial charge >= 0.3 is 6.09 Å². The summed E-state index contributed by atoms with van der Waals surface area (Å²) in [6, 6.07) is 0. The van der Waals surface area contributed by atoms with Crippen molar-refractivity contribution in [3.63, 3.8) is 0 Å². The zero-order valence-electron chi connectivity index (χ0n) is 13.2. The Hall–Kier alpha value is -1.34. The molecule has 3 heterocycles. The van der Waals surface area contributed by atoms with Gasteiger partial charge in [0.15, 0.2) is 5.13 Å². The lowest BCUT2D eigenvalue weighted by Gasteiger charge is -2.44. The molecule has 2 unspecified atom stereocenters. The van der Waals surface area contributed by atoms with Gasteiger partial charge in [0.25, 0.3) is 0 Å². The van der Waals surface area contributed by atoms with Crippen LogP contribution in [0.4, 0.5) is 9.93 Å². The zero-order valence-corrected chi connectivity index (χ0v) is 14.1. The number of nitrogen functional groups attached to an aromatic ring is 1. The molecule has 7 heteroatoms. The molecule has 2 atom stereocenters. The van der Waals surface area contributed by atoms with E-state index in [0.29, 0.717) is 24.1 Å². The molecule has 1 aromatic heterocycles. The second-order valence-electron chi connectivity index (χ2n) is 7.03. The highest BCUT2D eigenvalue weighted by Crippen LogP contribution is 2.39. The molecule has 2 aliphatic rings. The Morgan fingerprint density at radius 2 is 2.05 bits per heavy atom. The van der Waals surface area contributed by atoms with Crippen LogP contribution in [0.2, 0.25) is 0 Å². The number of morpholine rings is 1. The summed E-state index contributed by atoms with van der Waals surface area (Å²) in [5, 5.41) is 0.613. The average Bonchev–Trinajstić information content (AvgIpc) is 2.82. The van der Waals surface area contributed by atoms with Crippen LogP contribution in [0.5, 0.6) is 0 Å². The Morgan fingerprint density at radius 3 is 2.55 bits per heavy atom. The van der Waals surface area contributed by atoms with Crippen molar-refractivity contribution in [1.82, 2.24) is 9.88 Å². The number of carbonyl (C=O) groups excluding carboxylic acids is 1. The van der Waals surface area contributed by atoms with Gasteiger partial charge in [0.05, 0.1) is 25.3 Å². The number of thiazole rings is 1. The van der Waals surface area contributed by atoms with Gasteiger partial charge in [0.1, 0.15) is 5.60 Å². The quantitative estimate of drug-likeness (QED) is 0.859. The van der Waals surface area contributed by atoms with E-state index in [0.717, 1.165) is 12.8 Å². The summed E-state index contributed by atoms with van der Waals surface area (Å²) < 4.78 is 11.5. The predicted octanol–water partition coefficient (Wildman–Crippen LogP) is 2.61. The predicted molar refractivity (Wildman–Crippen MR) is 85.0 cm³/mol. The molecule has 0 aromatic carbocycles. The maximum Gasteiger partial charge on any atom is 0.410 e. The van der Waals surface area contributed by atoms with E-state index in [1.54, 1.807) is 16.2 Å². The Morgan fingerprint density at radius 1 is 1.41 bits per heavy atom. The second kappa shape index (κ2) is 5.70. The van der Waals surface area contributed by atoms with Crippen molar-refractivity contribution in [2.45, 2.75) is 57.3 Å². The molecule has 0 radical (unpaired) electrons. The maximum atomic E-state index is 12.2. The van der Waals surface area contributed by atoms with Crippen LogP contribution < -0.4 is 5.73 Å². The summed E-state index contributed by atoms with van der Waals surface area (Å²) in [5.41, 5.74) is 5.26. The molecule has 122 valence electrons. The molecular formula is C15H23N3O3S. The first-order valence-corrected chi connectivity index (χ1v) is 8.46. The highest BCUT2D eigenvalue weighted by atomic mass is 32.1. The molecule has 1 aromatic rings. The van der Waals surface area contributed by atoms with Gasteiger partial charge in [-0.1, -0.05) is 0 Å². The number of hydrogen-bond donors (Lipinski definition) is 1. The van der Waals surface area contributed by atoms with Crippen molar-refractivity contribution in [1.29, 1.82) is 0 Å². The van der Waals surface area contributed by atoms with Gasteiger partial charge in [0.2, 0.25) is 0 Å². The van der Waals surface area contributed by atoms with Crippen LogP contribution >= 0.6 is 11.3 Å². The molecule has 3 rings (SSSR count). The molecule has 2 fully saturated rings. The van der Waals surface area contributed by atoms with Gasteiger partial charge in [0, 0.05) is 11.1 Å². The van der Waals surface area contributed by atoms with Crippen molar-refractivity contribution < 1.29 is 14.3 Å². The monoisotopic (exact) mass is 325 g/mol. The van der Waals surface area contributed by atoms with E-state index < -0.39 is 5.60 Å². The third kappa shape index (κ3) is 3.52. The van der Waals surface area contributed by atoms with Crippen LogP contribution in [0.3, 0.4) is 0 Å². The van der Waals surface area contributed by atoms with Gasteiger partial charge in [-0.25, -0.2) is 9.78 Å². The fourth-order valence-electron chi connectivity index (χ4n) is 3.11. The van der Waals surface area contributed by atoms with Gasteiger partial charge < -0.3 is 20.1 Å². The highest BCUT2D eigenvalue weighted by Gasteiger charge is 2.39. The smallest absolute Gasteiger partial charge is 0.410 e. The number of nitrogens with two attached hydrogens (primary N) is 1. The lowest BCUT2D eigenvalue weighted by molar-refractivity contribution is -0.118. The van der Waals surface area contributed by atoms with E-state index in [1.165, 1.54) is 4.88 Å². The lowest BCUT2D eigenvalue weighted by Crippen LogP contribution is -2.54. The SMILES string of the molecule is CC(C)(C)OC(=O)N1CC2CC(c3cnc(N)s3)CC(C1)O2. The first kappa shape index (κ1) is 15.6. The Balaban J connectivity index is 1.63. The largest absolute Gasteiger partial charge is 0.444 e. The number of rotatable bonds is 1. The molecule has 2 N–H and O–H groups in total. The standard InChI is InChI=1S/C15H23N3O3S/c1-15(2,3)21-14(19)18-7-10-4-9(5-11(8-18)20-10)12-6-17-13(16)22-12/h6,9-11H,4-5,7-8H2,1-3H3,(H2,16,17). The van der Waals surface area contributed by atoms with Crippen LogP contribution in [-0.2, 0) is 9.47 Å². The Labute approximate surface area is 134 Å². The van der Waals surface area contributed by atoms with Gasteiger partial charge in [-0.05, 0) is 39.5 Å². The van der Waals surface area contributed by atoms with E-state index in [9.17, 15) is 4.79 Å². The van der Waals surface area contributed by atoms with Crippen molar-refractivity contribution in [2.24, 2.45) is 0 Å². The van der Waals surface area contributed by atoms with Crippen LogP contribution in [0.15, 0.2) is 6.20 Å². The lowest BCUT2D eigenvalue weighted by atomic mass is 9.88. The molecule has 0 saturated carbocycles. The Bertz CT molecular complexity index is 540. The fraction of sp³-hybridized carbons (Fsp3) is 0.733. The number of anilines is 1. The molecule has 2 bridgehead atoms. The molecule has 0 spiro atoms. The van der Waals surface area contributed by atoms with Gasteiger partial charge in [-0.3, -0.25) is 0 Å². The van der Waals surface area contributed by atoms with Crippen LogP contribution in [0.25, 0.3) is 0 Å². The van der Waals surface area contributed by atoms with Gasteiger partial charge in [-0.15, -0.1) is 11.3 Å². The van der Waals surface area contributed by atoms with Crippen molar-refractivity contribution in [3.05, 3.63) is 11.1 Å². The number of likely N-dealkylation sites (tertiary alicyclic amines) is 1. The van der Waals surface area contributed by atoms with Crippen molar-refractivity contribution >= 4 is 22.6 Å². The third-order valence-electron chi connectivity index (χ3n) is 3.92. The summed E-state index contributed by atoms with van der Waals surface area (Å²) in [4.78, 5) is 19.4. The number of nitrogens with zero attached hydrogens (tertiary/aromatic N) is 2. The summed E-state index contributed by atoms with van der Waals surface area (Å²) in [5.74, 6) is 0.430. The topological polar surface area (TPSA) is 77.7 Å². The molecule has 22 heavy (non-hydrogen) atoms. The number of amides is 1. The summed E-state index contributed by atoms with van der Waals surface area (Å²) in [7, 11) is 0. The molecule has 2 saturated heterocycles. The maximum absolute atomic E-state index is 12.2. The molecule has 1 amide bonds. The van der Waals surface area contributed by atoms with Crippen LogP contribution in [0, 0.1) is 0 Å². The van der Waals surface area contributed by atoms with E-state index >= 15 is 0 Å². The number of ether oxygens (including phenoxy) is 2. The van der Waals surface area contributed by atoms with Crippen molar-refractivity contribution in [2.75, 3.05) is 18.8 Å². The molecule has 2 aliphatic heterocycles. The van der Waals surface area contributed by atoms with E-state index in [-0.39, 0.29) is 18.3 Å². The number of hydrogen-bond acceptors (Lipinski definition) is 6. The molecular weight excluding hydrogens is 302 g/mol. The minimum Gasteiger partial charge on any atom is -0.444 e. The highest BCUT2D eigenvalue weighted by molar-refractivity contribution is 7.15. The first-order valence-electron chi connectivity index (χ1n) is 7.65. The van der Waals surface area contributed by atoms with Crippen LogP contribution in [0.1, 0.15) is 44.4 Å². The zero-order chi connectivity index (χ0) is 15.9. The average molecular weight is 325 g/mol. The molecule has 6 nitrogen and oxygen atoms in total. The number of fused-ring (bicyclic) bond motifs is 2. The van der Waals surface area contributed by atoms with E-state index in [1.807, 2.05) is 27.0 Å². The first-order chi connectivity index (χ1) is 10.3.